The van der Waals surface area contributed by atoms with Gasteiger partial charge >= 0.3 is 0 Å². The first-order valence-corrected chi connectivity index (χ1v) is 6.94. The molecule has 2 aromatic carbocycles. The van der Waals surface area contributed by atoms with Crippen molar-refractivity contribution >= 4 is 17.3 Å². The Balaban J connectivity index is 2.08. The molecule has 1 aliphatic rings. The number of rotatable bonds is 3. The summed E-state index contributed by atoms with van der Waals surface area (Å²) in [6.07, 6.45) is 1.30. The van der Waals surface area contributed by atoms with Gasteiger partial charge in [0.2, 0.25) is 0 Å². The van der Waals surface area contributed by atoms with Gasteiger partial charge in [-0.05, 0) is 24.3 Å². The van der Waals surface area contributed by atoms with E-state index in [2.05, 4.69) is 5.10 Å². The first-order chi connectivity index (χ1) is 11.1. The zero-order valence-electron chi connectivity index (χ0n) is 12.3. The Bertz CT molecular complexity index is 783. The van der Waals surface area contributed by atoms with Gasteiger partial charge in [-0.15, -0.1) is 0 Å². The summed E-state index contributed by atoms with van der Waals surface area (Å²) in [5, 5.41) is 15.8. The van der Waals surface area contributed by atoms with Gasteiger partial charge in [0.1, 0.15) is 11.5 Å². The highest BCUT2D eigenvalue weighted by Gasteiger charge is 2.32. The fourth-order valence-electron chi connectivity index (χ4n) is 2.28. The van der Waals surface area contributed by atoms with Crippen LogP contribution in [0, 0.1) is 5.82 Å². The number of carbonyl (C=O) groups is 1. The summed E-state index contributed by atoms with van der Waals surface area (Å²) in [6.45, 7) is 0. The van der Waals surface area contributed by atoms with E-state index in [4.69, 9.17) is 0 Å². The monoisotopic (exact) mass is 311 g/mol. The van der Waals surface area contributed by atoms with E-state index < -0.39 is 11.7 Å². The van der Waals surface area contributed by atoms with E-state index in [1.807, 2.05) is 30.3 Å². The maximum Gasteiger partial charge on any atom is 0.282 e. The zero-order valence-corrected chi connectivity index (χ0v) is 12.3. The number of hydrogen-bond donors (Lipinski definition) is 1. The number of amides is 1. The summed E-state index contributed by atoms with van der Waals surface area (Å²) in [5.74, 6) is -0.783. The third-order valence-electron chi connectivity index (χ3n) is 3.31. The van der Waals surface area contributed by atoms with Crippen LogP contribution in [-0.2, 0) is 4.79 Å². The number of halogens is 1. The molecular formula is C17H14FN3O2. The summed E-state index contributed by atoms with van der Waals surface area (Å²) in [7, 11) is 1.41. The summed E-state index contributed by atoms with van der Waals surface area (Å²) < 4.78 is 13.1. The van der Waals surface area contributed by atoms with Crippen LogP contribution in [0.25, 0.3) is 0 Å². The molecule has 2 aromatic rings. The highest BCUT2D eigenvalue weighted by atomic mass is 19.1. The maximum atomic E-state index is 13.1. The largest absolute Gasteiger partial charge is 0.289 e. The number of benzene rings is 2. The summed E-state index contributed by atoms with van der Waals surface area (Å²) in [6, 6.07) is 14.7. The lowest BCUT2D eigenvalue weighted by Gasteiger charge is -2.11. The molecule has 0 atom stereocenters. The van der Waals surface area contributed by atoms with Gasteiger partial charge in [0.25, 0.3) is 5.91 Å². The number of anilines is 1. The molecule has 0 fully saturated rings. The minimum absolute atomic E-state index is 0.255. The quantitative estimate of drug-likeness (QED) is 0.700. The minimum Gasteiger partial charge on any atom is -0.289 e. The van der Waals surface area contributed by atoms with E-state index in [0.717, 1.165) is 10.6 Å². The van der Waals surface area contributed by atoms with E-state index in [-0.39, 0.29) is 5.57 Å². The lowest BCUT2D eigenvalue weighted by Crippen LogP contribution is -2.22. The molecule has 1 aliphatic heterocycles. The van der Waals surface area contributed by atoms with Crippen LogP contribution in [0.1, 0.15) is 5.56 Å². The standard InChI is InChI=1S/C17H14FN3O2/c1-20(23)11-15-16(12-5-3-2-4-6-12)19-21(17(15)22)14-9-7-13(18)8-10-14/h2-11,23H,1H3/b15-11-. The lowest BCUT2D eigenvalue weighted by atomic mass is 10.0. The molecule has 0 saturated carbocycles. The minimum atomic E-state index is -0.392. The third-order valence-corrected chi connectivity index (χ3v) is 3.31. The lowest BCUT2D eigenvalue weighted by molar-refractivity contribution is -0.114. The molecule has 3 rings (SSSR count). The Morgan fingerprint density at radius 3 is 2.39 bits per heavy atom. The zero-order chi connectivity index (χ0) is 16.4. The van der Waals surface area contributed by atoms with Crippen LogP contribution >= 0.6 is 0 Å². The van der Waals surface area contributed by atoms with E-state index in [1.165, 1.54) is 42.5 Å². The average Bonchev–Trinajstić information content (AvgIpc) is 2.86. The number of hydroxylamine groups is 2. The van der Waals surface area contributed by atoms with Gasteiger partial charge in [0.05, 0.1) is 11.3 Å². The van der Waals surface area contributed by atoms with Gasteiger partial charge in [-0.2, -0.15) is 10.1 Å². The van der Waals surface area contributed by atoms with Gasteiger partial charge in [-0.1, -0.05) is 30.3 Å². The van der Waals surface area contributed by atoms with Crippen LogP contribution in [-0.4, -0.2) is 28.9 Å². The van der Waals surface area contributed by atoms with Crippen molar-refractivity contribution < 1.29 is 14.4 Å². The molecule has 1 heterocycles. The normalized spacial score (nSPS) is 16.0. The van der Waals surface area contributed by atoms with Gasteiger partial charge in [0, 0.05) is 18.8 Å². The van der Waals surface area contributed by atoms with Gasteiger partial charge in [-0.25, -0.2) is 4.39 Å². The second-order valence-electron chi connectivity index (χ2n) is 5.02. The molecule has 0 bridgehead atoms. The predicted molar refractivity (Wildman–Crippen MR) is 84.5 cm³/mol. The Kier molecular flexibility index (Phi) is 3.91. The SMILES string of the molecule is CN(O)/C=C1\C(=O)N(c2ccc(F)cc2)N=C1c1ccccc1. The Hall–Kier alpha value is -2.99. The topological polar surface area (TPSA) is 56.1 Å². The molecule has 0 aliphatic carbocycles. The van der Waals surface area contributed by atoms with E-state index in [0.29, 0.717) is 11.4 Å². The molecule has 0 unspecified atom stereocenters. The predicted octanol–water partition coefficient (Wildman–Crippen LogP) is 2.78. The molecule has 0 aromatic heterocycles. The molecule has 0 radical (unpaired) electrons. The molecule has 23 heavy (non-hydrogen) atoms. The van der Waals surface area contributed by atoms with E-state index >= 15 is 0 Å². The van der Waals surface area contributed by atoms with Crippen LogP contribution in [0.5, 0.6) is 0 Å². The molecule has 5 nitrogen and oxygen atoms in total. The Labute approximate surface area is 132 Å². The van der Waals surface area contributed by atoms with Gasteiger partial charge < -0.3 is 0 Å². The smallest absolute Gasteiger partial charge is 0.282 e. The molecule has 116 valence electrons. The molecular weight excluding hydrogens is 297 g/mol. The Morgan fingerprint density at radius 2 is 1.78 bits per heavy atom. The van der Waals surface area contributed by atoms with Crippen molar-refractivity contribution in [1.29, 1.82) is 0 Å². The first-order valence-electron chi connectivity index (χ1n) is 6.94. The van der Waals surface area contributed by atoms with Crippen molar-refractivity contribution in [2.45, 2.75) is 0 Å². The van der Waals surface area contributed by atoms with Crippen LogP contribution in [0.4, 0.5) is 10.1 Å². The average molecular weight is 311 g/mol. The van der Waals surface area contributed by atoms with Crippen molar-refractivity contribution in [3.05, 3.63) is 77.8 Å². The molecule has 0 saturated heterocycles. The van der Waals surface area contributed by atoms with E-state index in [1.54, 1.807) is 0 Å². The third kappa shape index (κ3) is 2.97. The summed E-state index contributed by atoms with van der Waals surface area (Å²) in [5.41, 5.74) is 1.90. The van der Waals surface area contributed by atoms with E-state index in [9.17, 15) is 14.4 Å². The number of hydrogen-bond acceptors (Lipinski definition) is 4. The molecule has 0 spiro atoms. The second kappa shape index (κ2) is 6.02. The molecule has 1 amide bonds. The number of nitrogens with zero attached hydrogens (tertiary/aromatic N) is 3. The second-order valence-corrected chi connectivity index (χ2v) is 5.02. The van der Waals surface area contributed by atoms with Crippen molar-refractivity contribution in [3.8, 4) is 0 Å². The van der Waals surface area contributed by atoms with Crippen LogP contribution < -0.4 is 5.01 Å². The highest BCUT2D eigenvalue weighted by molar-refractivity contribution is 6.35. The van der Waals surface area contributed by atoms with Crippen LogP contribution in [0.2, 0.25) is 0 Å². The summed E-state index contributed by atoms with van der Waals surface area (Å²) >= 11 is 0. The number of carbonyl (C=O) groups excluding carboxylic acids is 1. The van der Waals surface area contributed by atoms with Crippen molar-refractivity contribution in [3.63, 3.8) is 0 Å². The van der Waals surface area contributed by atoms with Gasteiger partial charge in [-0.3, -0.25) is 15.1 Å². The van der Waals surface area contributed by atoms with Crippen molar-refractivity contribution in [2.24, 2.45) is 5.10 Å². The van der Waals surface area contributed by atoms with Crippen LogP contribution in [0.3, 0.4) is 0 Å². The number of hydrazone groups is 1. The van der Waals surface area contributed by atoms with Crippen molar-refractivity contribution in [2.75, 3.05) is 12.1 Å². The first kappa shape index (κ1) is 14.9. The maximum absolute atomic E-state index is 13.1. The Morgan fingerprint density at radius 1 is 1.13 bits per heavy atom. The van der Waals surface area contributed by atoms with Gasteiger partial charge in [0.15, 0.2) is 0 Å². The fraction of sp³-hybridized carbons (Fsp3) is 0.0588. The highest BCUT2D eigenvalue weighted by Crippen LogP contribution is 2.26. The van der Waals surface area contributed by atoms with Crippen LogP contribution in [0.15, 0.2) is 71.5 Å². The molecule has 1 N–H and O–H groups in total. The summed E-state index contributed by atoms with van der Waals surface area (Å²) in [4.78, 5) is 12.6. The van der Waals surface area contributed by atoms with Crippen molar-refractivity contribution in [1.82, 2.24) is 5.06 Å². The fourth-order valence-corrected chi connectivity index (χ4v) is 2.28. The molecule has 6 heteroatoms.